The summed E-state index contributed by atoms with van der Waals surface area (Å²) in [4.78, 5) is 10.4. The van der Waals surface area contributed by atoms with Crippen LogP contribution in [0.25, 0.3) is 0 Å². The molecule has 0 aliphatic carbocycles. The summed E-state index contributed by atoms with van der Waals surface area (Å²) in [5.74, 6) is -0.0450. The third kappa shape index (κ3) is 2.34. The van der Waals surface area contributed by atoms with Crippen LogP contribution in [0.1, 0.15) is 26.0 Å². The Morgan fingerprint density at radius 1 is 1.58 bits per heavy atom. The first-order valence-electron chi connectivity index (χ1n) is 5.83. The van der Waals surface area contributed by atoms with Crippen molar-refractivity contribution in [2.45, 2.75) is 32.2 Å². The van der Waals surface area contributed by atoms with Gasteiger partial charge in [-0.3, -0.25) is 10.1 Å². The smallest absolute Gasteiger partial charge is 0.258 e. The molecule has 1 aliphatic rings. The Balaban J connectivity index is 2.56. The van der Waals surface area contributed by atoms with E-state index >= 15 is 0 Å². The van der Waals surface area contributed by atoms with Gasteiger partial charge < -0.3 is 0 Å². The Bertz CT molecular complexity index is 639. The Morgan fingerprint density at radius 2 is 2.21 bits per heavy atom. The lowest BCUT2D eigenvalue weighted by Crippen LogP contribution is -2.32. The van der Waals surface area contributed by atoms with Crippen LogP contribution in [0, 0.1) is 10.1 Å². The van der Waals surface area contributed by atoms with Crippen LogP contribution in [0.4, 0.5) is 5.69 Å². The number of nitrogens with zero attached hydrogens (tertiary/aromatic N) is 3. The topological polar surface area (TPSA) is 95.1 Å². The average molecular weight is 308 g/mol. The van der Waals surface area contributed by atoms with Crippen LogP contribution in [0.5, 0.6) is 0 Å². The molecule has 7 nitrogen and oxygen atoms in total. The lowest BCUT2D eigenvalue weighted by molar-refractivity contribution is -0.385. The van der Waals surface area contributed by atoms with E-state index in [1.165, 1.54) is 4.68 Å². The summed E-state index contributed by atoms with van der Waals surface area (Å²) in [6.45, 7) is 3.45. The van der Waals surface area contributed by atoms with Gasteiger partial charge in [0.25, 0.3) is 0 Å². The molecule has 0 spiro atoms. The van der Waals surface area contributed by atoms with E-state index in [2.05, 4.69) is 5.10 Å². The molecule has 0 saturated carbocycles. The summed E-state index contributed by atoms with van der Waals surface area (Å²) < 4.78 is 24.5. The van der Waals surface area contributed by atoms with E-state index in [0.717, 1.165) is 0 Å². The highest BCUT2D eigenvalue weighted by Crippen LogP contribution is 2.37. The lowest BCUT2D eigenvalue weighted by atomic mass is 10.0. The minimum Gasteiger partial charge on any atom is -0.258 e. The molecular weight excluding hydrogens is 294 g/mol. The van der Waals surface area contributed by atoms with Crippen molar-refractivity contribution in [2.24, 2.45) is 0 Å². The summed E-state index contributed by atoms with van der Waals surface area (Å²) >= 11 is 6.03. The molecule has 1 aromatic heterocycles. The number of aromatic nitrogens is 2. The number of aryl methyl sites for hydroxylation is 1. The molecule has 1 unspecified atom stereocenters. The second-order valence-corrected chi connectivity index (χ2v) is 7.49. The van der Waals surface area contributed by atoms with Gasteiger partial charge in [-0.25, -0.2) is 13.1 Å². The normalized spacial score (nSPS) is 25.6. The molecular formula is C10H14ClN3O4S. The monoisotopic (exact) mass is 307 g/mol. The first kappa shape index (κ1) is 14.3. The largest absolute Gasteiger partial charge is 0.329 e. The van der Waals surface area contributed by atoms with Gasteiger partial charge in [0, 0.05) is 0 Å². The quantitative estimate of drug-likeness (QED) is 0.623. The molecule has 9 heteroatoms. The lowest BCUT2D eigenvalue weighted by Gasteiger charge is -2.23. The SMILES string of the molecule is CCc1nn(C2(C)CCS(=O)(=O)C2)c(Cl)c1[N+](=O)[O-]. The van der Waals surface area contributed by atoms with Crippen LogP contribution < -0.4 is 0 Å². The number of rotatable bonds is 3. The molecule has 1 fully saturated rings. The predicted molar refractivity (Wildman–Crippen MR) is 70.2 cm³/mol. The van der Waals surface area contributed by atoms with Crippen molar-refractivity contribution in [3.8, 4) is 0 Å². The molecule has 2 rings (SSSR count). The van der Waals surface area contributed by atoms with Crippen LogP contribution in [0.3, 0.4) is 0 Å². The fraction of sp³-hybridized carbons (Fsp3) is 0.700. The maximum atomic E-state index is 11.6. The van der Waals surface area contributed by atoms with Gasteiger partial charge in [-0.05, 0) is 19.8 Å². The zero-order chi connectivity index (χ0) is 14.4. The Morgan fingerprint density at radius 3 is 2.58 bits per heavy atom. The van der Waals surface area contributed by atoms with Crippen molar-refractivity contribution in [1.29, 1.82) is 0 Å². The van der Waals surface area contributed by atoms with Gasteiger partial charge in [-0.1, -0.05) is 18.5 Å². The van der Waals surface area contributed by atoms with Gasteiger partial charge in [0.1, 0.15) is 5.69 Å². The predicted octanol–water partition coefficient (Wildman–Crippen LogP) is 1.54. The molecule has 1 atom stereocenters. The highest BCUT2D eigenvalue weighted by atomic mass is 35.5. The average Bonchev–Trinajstić information content (AvgIpc) is 2.77. The third-order valence-electron chi connectivity index (χ3n) is 3.39. The molecule has 0 aromatic carbocycles. The van der Waals surface area contributed by atoms with Gasteiger partial charge in [0.15, 0.2) is 9.84 Å². The van der Waals surface area contributed by atoms with E-state index in [1.54, 1.807) is 13.8 Å². The maximum Gasteiger partial charge on any atom is 0.329 e. The van der Waals surface area contributed by atoms with Gasteiger partial charge in [-0.15, -0.1) is 0 Å². The Hall–Kier alpha value is -1.15. The molecule has 106 valence electrons. The van der Waals surface area contributed by atoms with E-state index in [1.807, 2.05) is 0 Å². The molecule has 0 bridgehead atoms. The van der Waals surface area contributed by atoms with Crippen LogP contribution in [-0.2, 0) is 21.8 Å². The minimum absolute atomic E-state index is 0.0505. The molecule has 0 N–H and O–H groups in total. The fourth-order valence-electron chi connectivity index (χ4n) is 2.37. The number of nitro groups is 1. The first-order chi connectivity index (χ1) is 8.70. The maximum absolute atomic E-state index is 11.6. The molecule has 1 aliphatic heterocycles. The van der Waals surface area contributed by atoms with Crippen molar-refractivity contribution >= 4 is 27.1 Å². The summed E-state index contributed by atoms with van der Waals surface area (Å²) in [5, 5.41) is 15.1. The number of sulfone groups is 1. The van der Waals surface area contributed by atoms with Crippen molar-refractivity contribution in [3.63, 3.8) is 0 Å². The highest BCUT2D eigenvalue weighted by Gasteiger charge is 2.44. The highest BCUT2D eigenvalue weighted by molar-refractivity contribution is 7.91. The third-order valence-corrected chi connectivity index (χ3v) is 5.61. The first-order valence-corrected chi connectivity index (χ1v) is 8.03. The molecule has 19 heavy (non-hydrogen) atoms. The van der Waals surface area contributed by atoms with Gasteiger partial charge in [0.2, 0.25) is 5.15 Å². The Labute approximate surface area is 115 Å². The van der Waals surface area contributed by atoms with E-state index in [0.29, 0.717) is 12.8 Å². The van der Waals surface area contributed by atoms with E-state index in [9.17, 15) is 18.5 Å². The van der Waals surface area contributed by atoms with Crippen LogP contribution >= 0.6 is 11.6 Å². The second kappa shape index (κ2) is 4.45. The molecule has 0 amide bonds. The molecule has 2 heterocycles. The standard InChI is InChI=1S/C10H14ClN3O4S/c1-3-7-8(14(15)16)9(11)13(12-7)10(2)4-5-19(17,18)6-10/h3-6H2,1-2H3. The summed E-state index contributed by atoms with van der Waals surface area (Å²) in [6, 6.07) is 0. The second-order valence-electron chi connectivity index (χ2n) is 4.95. The molecule has 1 saturated heterocycles. The zero-order valence-corrected chi connectivity index (χ0v) is 12.2. The van der Waals surface area contributed by atoms with Gasteiger partial charge in [0.05, 0.1) is 22.0 Å². The van der Waals surface area contributed by atoms with Crippen LogP contribution in [0.15, 0.2) is 0 Å². The van der Waals surface area contributed by atoms with Crippen molar-refractivity contribution in [3.05, 3.63) is 21.0 Å². The minimum atomic E-state index is -3.14. The van der Waals surface area contributed by atoms with Gasteiger partial charge >= 0.3 is 5.69 Å². The summed E-state index contributed by atoms with van der Waals surface area (Å²) in [7, 11) is -3.14. The number of hydrogen-bond acceptors (Lipinski definition) is 5. The van der Waals surface area contributed by atoms with Crippen molar-refractivity contribution < 1.29 is 13.3 Å². The van der Waals surface area contributed by atoms with Crippen molar-refractivity contribution in [2.75, 3.05) is 11.5 Å². The van der Waals surface area contributed by atoms with Gasteiger partial charge in [-0.2, -0.15) is 5.10 Å². The van der Waals surface area contributed by atoms with Crippen molar-refractivity contribution in [1.82, 2.24) is 9.78 Å². The number of halogens is 1. The number of hydrogen-bond donors (Lipinski definition) is 0. The zero-order valence-electron chi connectivity index (χ0n) is 10.6. The van der Waals surface area contributed by atoms with Crippen LogP contribution in [0.2, 0.25) is 5.15 Å². The van der Waals surface area contributed by atoms with E-state index in [-0.39, 0.29) is 28.0 Å². The van der Waals surface area contributed by atoms with E-state index < -0.39 is 20.3 Å². The molecule has 1 aromatic rings. The fourth-order valence-corrected chi connectivity index (χ4v) is 4.90. The summed E-state index contributed by atoms with van der Waals surface area (Å²) in [5.41, 5.74) is -0.760. The van der Waals surface area contributed by atoms with Crippen LogP contribution in [-0.4, -0.2) is 34.6 Å². The molecule has 0 radical (unpaired) electrons. The Kier molecular flexibility index (Phi) is 3.34. The van der Waals surface area contributed by atoms with E-state index in [4.69, 9.17) is 11.6 Å². The summed E-state index contributed by atoms with van der Waals surface area (Å²) in [6.07, 6.45) is 0.725.